The standard InChI is InChI=1S/C26H34N4O2/c27-23-12-11-19(17-23)24(31)29-14-16-30-15-13-22(18-30)26(25(28)32,20-7-3-1-4-8-20)21-9-5-2-6-10-21/h1-10,19,22-23H,11-18,27H2,(H2,28,32)(H,29,31)/t19-,22-,23+/m1/s1. The molecule has 2 fully saturated rings. The van der Waals surface area contributed by atoms with E-state index in [1.807, 2.05) is 60.7 Å². The molecule has 1 saturated carbocycles. The molecule has 0 unspecified atom stereocenters. The molecule has 3 atom stereocenters. The van der Waals surface area contributed by atoms with Crippen molar-refractivity contribution < 1.29 is 9.59 Å². The highest BCUT2D eigenvalue weighted by atomic mass is 16.2. The van der Waals surface area contributed by atoms with Crippen LogP contribution in [0.2, 0.25) is 0 Å². The van der Waals surface area contributed by atoms with Gasteiger partial charge in [-0.15, -0.1) is 0 Å². The number of amides is 2. The van der Waals surface area contributed by atoms with Crippen LogP contribution in [-0.4, -0.2) is 48.9 Å². The molecule has 170 valence electrons. The first-order valence-electron chi connectivity index (χ1n) is 11.7. The van der Waals surface area contributed by atoms with Crippen LogP contribution >= 0.6 is 0 Å². The minimum atomic E-state index is -0.875. The van der Waals surface area contributed by atoms with Crippen molar-refractivity contribution in [3.05, 3.63) is 71.8 Å². The quantitative estimate of drug-likeness (QED) is 0.592. The van der Waals surface area contributed by atoms with Gasteiger partial charge in [0.1, 0.15) is 5.41 Å². The average Bonchev–Trinajstić information content (AvgIpc) is 3.45. The first-order chi connectivity index (χ1) is 15.5. The Hall–Kier alpha value is -2.70. The Labute approximate surface area is 190 Å². The molecule has 1 saturated heterocycles. The lowest BCUT2D eigenvalue weighted by Crippen LogP contribution is -2.49. The molecule has 1 aliphatic heterocycles. The molecule has 2 aromatic rings. The summed E-state index contributed by atoms with van der Waals surface area (Å²) in [6.07, 6.45) is 3.47. The van der Waals surface area contributed by atoms with E-state index in [1.165, 1.54) is 0 Å². The van der Waals surface area contributed by atoms with Crippen molar-refractivity contribution in [3.63, 3.8) is 0 Å². The molecule has 4 rings (SSSR count). The van der Waals surface area contributed by atoms with E-state index < -0.39 is 5.41 Å². The summed E-state index contributed by atoms with van der Waals surface area (Å²) >= 11 is 0. The zero-order valence-electron chi connectivity index (χ0n) is 18.6. The van der Waals surface area contributed by atoms with Crippen LogP contribution in [0.5, 0.6) is 0 Å². The fraction of sp³-hybridized carbons (Fsp3) is 0.462. The first-order valence-corrected chi connectivity index (χ1v) is 11.7. The lowest BCUT2D eigenvalue weighted by molar-refractivity contribution is -0.125. The monoisotopic (exact) mass is 434 g/mol. The van der Waals surface area contributed by atoms with E-state index in [1.54, 1.807) is 0 Å². The molecule has 0 spiro atoms. The van der Waals surface area contributed by atoms with Gasteiger partial charge < -0.3 is 21.7 Å². The Morgan fingerprint density at radius 1 is 0.969 bits per heavy atom. The third-order valence-electron chi connectivity index (χ3n) is 7.30. The second-order valence-corrected chi connectivity index (χ2v) is 9.25. The highest BCUT2D eigenvalue weighted by Gasteiger charge is 2.49. The van der Waals surface area contributed by atoms with Crippen molar-refractivity contribution >= 4 is 11.8 Å². The van der Waals surface area contributed by atoms with E-state index in [4.69, 9.17) is 11.5 Å². The van der Waals surface area contributed by atoms with Crippen molar-refractivity contribution in [2.75, 3.05) is 26.2 Å². The number of likely N-dealkylation sites (tertiary alicyclic amines) is 1. The number of carbonyl (C=O) groups excluding carboxylic acids is 2. The number of nitrogens with two attached hydrogens (primary N) is 2. The normalized spacial score (nSPS) is 23.8. The molecular weight excluding hydrogens is 400 g/mol. The van der Waals surface area contributed by atoms with Crippen LogP contribution in [0.1, 0.15) is 36.8 Å². The molecule has 2 aliphatic rings. The van der Waals surface area contributed by atoms with Crippen LogP contribution < -0.4 is 16.8 Å². The summed E-state index contributed by atoms with van der Waals surface area (Å²) < 4.78 is 0. The second-order valence-electron chi connectivity index (χ2n) is 9.25. The number of nitrogens with zero attached hydrogens (tertiary/aromatic N) is 1. The van der Waals surface area contributed by atoms with Crippen molar-refractivity contribution in [2.45, 2.75) is 37.1 Å². The summed E-state index contributed by atoms with van der Waals surface area (Å²) in [5.74, 6) is -0.0790. The molecule has 6 nitrogen and oxygen atoms in total. The van der Waals surface area contributed by atoms with Crippen molar-refractivity contribution in [2.24, 2.45) is 23.3 Å². The van der Waals surface area contributed by atoms with E-state index in [0.717, 1.165) is 56.4 Å². The van der Waals surface area contributed by atoms with Crippen molar-refractivity contribution in [3.8, 4) is 0 Å². The molecule has 0 aromatic heterocycles. The number of hydrogen-bond acceptors (Lipinski definition) is 4. The average molecular weight is 435 g/mol. The molecule has 5 N–H and O–H groups in total. The Bertz CT molecular complexity index is 878. The van der Waals surface area contributed by atoms with E-state index in [2.05, 4.69) is 10.2 Å². The van der Waals surface area contributed by atoms with Gasteiger partial charge in [-0.1, -0.05) is 60.7 Å². The van der Waals surface area contributed by atoms with Crippen LogP contribution in [0.15, 0.2) is 60.7 Å². The number of primary amides is 1. The zero-order valence-corrected chi connectivity index (χ0v) is 18.6. The summed E-state index contributed by atoms with van der Waals surface area (Å²) in [5.41, 5.74) is 13.1. The van der Waals surface area contributed by atoms with Crippen molar-refractivity contribution in [1.29, 1.82) is 0 Å². The third-order valence-corrected chi connectivity index (χ3v) is 7.30. The molecule has 0 bridgehead atoms. The van der Waals surface area contributed by atoms with Crippen LogP contribution in [0.25, 0.3) is 0 Å². The number of benzene rings is 2. The van der Waals surface area contributed by atoms with E-state index >= 15 is 0 Å². The minimum Gasteiger partial charge on any atom is -0.369 e. The maximum absolute atomic E-state index is 13.1. The Morgan fingerprint density at radius 2 is 1.59 bits per heavy atom. The van der Waals surface area contributed by atoms with Gasteiger partial charge in [-0.2, -0.15) is 0 Å². The third kappa shape index (κ3) is 4.43. The fourth-order valence-electron chi connectivity index (χ4n) is 5.65. The van der Waals surface area contributed by atoms with Crippen molar-refractivity contribution in [1.82, 2.24) is 10.2 Å². The number of carbonyl (C=O) groups is 2. The second kappa shape index (κ2) is 9.84. The summed E-state index contributed by atoms with van der Waals surface area (Å²) in [6.45, 7) is 3.01. The minimum absolute atomic E-state index is 0.0509. The SMILES string of the molecule is NC(=O)C(c1ccccc1)(c1ccccc1)[C@@H]1CCN(CCNC(=O)[C@@H]2CC[C@H](N)C2)C1. The zero-order chi connectivity index (χ0) is 22.6. The molecule has 1 aliphatic carbocycles. The predicted molar refractivity (Wildman–Crippen MR) is 126 cm³/mol. The van der Waals surface area contributed by atoms with Crippen LogP contribution in [0, 0.1) is 11.8 Å². The van der Waals surface area contributed by atoms with Crippen LogP contribution in [-0.2, 0) is 15.0 Å². The Kier molecular flexibility index (Phi) is 6.92. The Balaban J connectivity index is 1.47. The summed E-state index contributed by atoms with van der Waals surface area (Å²) in [4.78, 5) is 27.9. The molecule has 0 radical (unpaired) electrons. The van der Waals surface area contributed by atoms with E-state index in [0.29, 0.717) is 6.54 Å². The Morgan fingerprint density at radius 3 is 2.12 bits per heavy atom. The van der Waals surface area contributed by atoms with E-state index in [-0.39, 0.29) is 29.7 Å². The van der Waals surface area contributed by atoms with Gasteiger partial charge in [-0.3, -0.25) is 9.59 Å². The highest BCUT2D eigenvalue weighted by molar-refractivity contribution is 5.91. The predicted octanol–water partition coefficient (Wildman–Crippen LogP) is 2.02. The van der Waals surface area contributed by atoms with Gasteiger partial charge in [0.05, 0.1) is 0 Å². The number of nitrogens with one attached hydrogen (secondary N) is 1. The lowest BCUT2D eigenvalue weighted by atomic mass is 9.64. The molecule has 6 heteroatoms. The molecule has 1 heterocycles. The molecule has 2 aromatic carbocycles. The number of rotatable bonds is 8. The van der Waals surface area contributed by atoms with Gasteiger partial charge in [0, 0.05) is 31.6 Å². The van der Waals surface area contributed by atoms with Gasteiger partial charge in [-0.25, -0.2) is 0 Å². The van der Waals surface area contributed by atoms with Gasteiger partial charge in [0.2, 0.25) is 11.8 Å². The lowest BCUT2D eigenvalue weighted by Gasteiger charge is -2.37. The molecule has 32 heavy (non-hydrogen) atoms. The largest absolute Gasteiger partial charge is 0.369 e. The summed E-state index contributed by atoms with van der Waals surface area (Å²) in [6, 6.07) is 20.0. The van der Waals surface area contributed by atoms with E-state index in [9.17, 15) is 9.59 Å². The van der Waals surface area contributed by atoms with Gasteiger partial charge in [-0.05, 0) is 49.3 Å². The topological polar surface area (TPSA) is 101 Å². The first kappa shape index (κ1) is 22.5. The fourth-order valence-corrected chi connectivity index (χ4v) is 5.65. The van der Waals surface area contributed by atoms with Gasteiger partial charge in [0.25, 0.3) is 0 Å². The van der Waals surface area contributed by atoms with Crippen LogP contribution in [0.4, 0.5) is 0 Å². The maximum atomic E-state index is 13.1. The highest BCUT2D eigenvalue weighted by Crippen LogP contribution is 2.43. The van der Waals surface area contributed by atoms with Gasteiger partial charge in [0.15, 0.2) is 0 Å². The maximum Gasteiger partial charge on any atom is 0.232 e. The van der Waals surface area contributed by atoms with Gasteiger partial charge >= 0.3 is 0 Å². The number of hydrogen-bond donors (Lipinski definition) is 3. The summed E-state index contributed by atoms with van der Waals surface area (Å²) in [7, 11) is 0. The van der Waals surface area contributed by atoms with Crippen LogP contribution in [0.3, 0.4) is 0 Å². The molecular formula is C26H34N4O2. The summed E-state index contributed by atoms with van der Waals surface area (Å²) in [5, 5.41) is 3.08. The molecule has 2 amide bonds. The smallest absolute Gasteiger partial charge is 0.232 e.